The first-order valence-electron chi connectivity index (χ1n) is 6.15. The third-order valence-corrected chi connectivity index (χ3v) is 3.29. The smallest absolute Gasteiger partial charge is 0.326 e. The lowest BCUT2D eigenvalue weighted by Gasteiger charge is -2.15. The van der Waals surface area contributed by atoms with Gasteiger partial charge in [0, 0.05) is 5.02 Å². The van der Waals surface area contributed by atoms with Gasteiger partial charge in [-0.05, 0) is 37.0 Å². The predicted molar refractivity (Wildman–Crippen MR) is 74.3 cm³/mol. The van der Waals surface area contributed by atoms with Crippen LogP contribution in [-0.2, 0) is 4.79 Å². The molecule has 0 heterocycles. The summed E-state index contributed by atoms with van der Waals surface area (Å²) in [7, 11) is 1.47. The molecule has 1 aromatic rings. The maximum atomic E-state index is 11.9. The number of ether oxygens (including phenoxy) is 1. The molecule has 2 rings (SSSR count). The molecule has 108 valence electrons. The Bertz CT molecular complexity index is 531. The van der Waals surface area contributed by atoms with E-state index in [-0.39, 0.29) is 5.92 Å². The SMILES string of the molecule is COc1ccc(Cl)cc1NC(=O)NC(C(=O)O)C1CC1. The number of halogens is 1. The molecule has 2 amide bonds. The van der Waals surface area contributed by atoms with Gasteiger partial charge in [0.15, 0.2) is 0 Å². The van der Waals surface area contributed by atoms with Crippen LogP contribution < -0.4 is 15.4 Å². The Morgan fingerprint density at radius 3 is 2.70 bits per heavy atom. The topological polar surface area (TPSA) is 87.7 Å². The number of benzene rings is 1. The number of carbonyl (C=O) groups excluding carboxylic acids is 1. The minimum Gasteiger partial charge on any atom is -0.495 e. The zero-order chi connectivity index (χ0) is 14.7. The summed E-state index contributed by atoms with van der Waals surface area (Å²) in [6.45, 7) is 0. The standard InChI is InChI=1S/C13H15ClN2O4/c1-20-10-5-4-8(14)6-9(10)15-13(19)16-11(12(17)18)7-2-3-7/h4-7,11H,2-3H2,1H3,(H,17,18)(H2,15,16,19). The number of methoxy groups -OCH3 is 1. The largest absolute Gasteiger partial charge is 0.495 e. The minimum absolute atomic E-state index is 0.0134. The van der Waals surface area contributed by atoms with Crippen LogP contribution in [0.1, 0.15) is 12.8 Å². The highest BCUT2D eigenvalue weighted by Gasteiger charge is 2.37. The van der Waals surface area contributed by atoms with Crippen molar-refractivity contribution < 1.29 is 19.4 Å². The Balaban J connectivity index is 2.03. The molecule has 3 N–H and O–H groups in total. The van der Waals surface area contributed by atoms with Gasteiger partial charge in [-0.15, -0.1) is 0 Å². The molecule has 0 spiro atoms. The van der Waals surface area contributed by atoms with E-state index in [1.165, 1.54) is 13.2 Å². The molecule has 1 fully saturated rings. The van der Waals surface area contributed by atoms with Crippen LogP contribution in [0.25, 0.3) is 0 Å². The van der Waals surface area contributed by atoms with E-state index in [4.69, 9.17) is 21.4 Å². The van der Waals surface area contributed by atoms with Crippen LogP contribution in [0.4, 0.5) is 10.5 Å². The normalized spacial score (nSPS) is 15.3. The van der Waals surface area contributed by atoms with Gasteiger partial charge in [0.2, 0.25) is 0 Å². The molecule has 1 saturated carbocycles. The number of carboxylic acid groups (broad SMARTS) is 1. The first kappa shape index (κ1) is 14.5. The number of nitrogens with one attached hydrogen (secondary N) is 2. The summed E-state index contributed by atoms with van der Waals surface area (Å²) in [5, 5.41) is 14.5. The molecular formula is C13H15ClN2O4. The summed E-state index contributed by atoms with van der Waals surface area (Å²) in [4.78, 5) is 22.9. The van der Waals surface area contributed by atoms with Crippen molar-refractivity contribution in [2.24, 2.45) is 5.92 Å². The molecule has 0 radical (unpaired) electrons. The van der Waals surface area contributed by atoms with Crippen LogP contribution >= 0.6 is 11.6 Å². The highest BCUT2D eigenvalue weighted by Crippen LogP contribution is 2.33. The van der Waals surface area contributed by atoms with Crippen molar-refractivity contribution in [1.82, 2.24) is 5.32 Å². The van der Waals surface area contributed by atoms with Crippen LogP contribution in [0.3, 0.4) is 0 Å². The summed E-state index contributed by atoms with van der Waals surface area (Å²) in [5.74, 6) is -0.567. The van der Waals surface area contributed by atoms with Crippen molar-refractivity contribution in [3.05, 3.63) is 23.2 Å². The van der Waals surface area contributed by atoms with Gasteiger partial charge in [-0.1, -0.05) is 11.6 Å². The van der Waals surface area contributed by atoms with Crippen molar-refractivity contribution in [3.63, 3.8) is 0 Å². The minimum atomic E-state index is -1.03. The van der Waals surface area contributed by atoms with E-state index in [2.05, 4.69) is 10.6 Å². The fourth-order valence-corrected chi connectivity index (χ4v) is 2.06. The van der Waals surface area contributed by atoms with Crippen LogP contribution in [0, 0.1) is 5.92 Å². The molecule has 0 saturated heterocycles. The fraction of sp³-hybridized carbons (Fsp3) is 0.385. The van der Waals surface area contributed by atoms with Gasteiger partial charge in [-0.3, -0.25) is 0 Å². The monoisotopic (exact) mass is 298 g/mol. The number of aliphatic carboxylic acids is 1. The number of hydrogen-bond acceptors (Lipinski definition) is 3. The van der Waals surface area contributed by atoms with Gasteiger partial charge in [0.1, 0.15) is 11.8 Å². The molecule has 1 aliphatic carbocycles. The van der Waals surface area contributed by atoms with Crippen LogP contribution in [-0.4, -0.2) is 30.3 Å². The summed E-state index contributed by atoms with van der Waals surface area (Å²) in [6.07, 6.45) is 1.63. The molecule has 7 heteroatoms. The van der Waals surface area contributed by atoms with Crippen molar-refractivity contribution in [2.75, 3.05) is 12.4 Å². The maximum Gasteiger partial charge on any atom is 0.326 e. The third-order valence-electron chi connectivity index (χ3n) is 3.06. The Kier molecular flexibility index (Phi) is 4.34. The summed E-state index contributed by atoms with van der Waals surface area (Å²) in [6, 6.07) is 3.33. The van der Waals surface area contributed by atoms with Crippen molar-refractivity contribution >= 4 is 29.3 Å². The number of hydrogen-bond donors (Lipinski definition) is 3. The molecule has 1 atom stereocenters. The predicted octanol–water partition coefficient (Wildman–Crippen LogP) is 2.33. The second-order valence-corrected chi connectivity index (χ2v) is 5.03. The lowest BCUT2D eigenvalue weighted by molar-refractivity contribution is -0.139. The first-order valence-corrected chi connectivity index (χ1v) is 6.53. The summed E-state index contributed by atoms with van der Waals surface area (Å²) >= 11 is 5.85. The molecular weight excluding hydrogens is 284 g/mol. The lowest BCUT2D eigenvalue weighted by atomic mass is 10.2. The highest BCUT2D eigenvalue weighted by molar-refractivity contribution is 6.31. The number of rotatable bonds is 5. The molecule has 0 aromatic heterocycles. The average molecular weight is 299 g/mol. The number of carboxylic acids is 1. The van der Waals surface area contributed by atoms with Gasteiger partial charge in [-0.2, -0.15) is 0 Å². The fourth-order valence-electron chi connectivity index (χ4n) is 1.89. The summed E-state index contributed by atoms with van der Waals surface area (Å²) < 4.78 is 5.10. The van der Waals surface area contributed by atoms with Crippen LogP contribution in [0.2, 0.25) is 5.02 Å². The Labute approximate surface area is 121 Å². The highest BCUT2D eigenvalue weighted by atomic mass is 35.5. The Morgan fingerprint density at radius 2 is 2.15 bits per heavy atom. The second kappa shape index (κ2) is 6.00. The number of anilines is 1. The van der Waals surface area contributed by atoms with Gasteiger partial charge >= 0.3 is 12.0 Å². The maximum absolute atomic E-state index is 11.9. The van der Waals surface area contributed by atoms with Gasteiger partial charge in [0.25, 0.3) is 0 Å². The zero-order valence-corrected chi connectivity index (χ0v) is 11.6. The van der Waals surface area contributed by atoms with Crippen molar-refractivity contribution in [1.29, 1.82) is 0 Å². The molecule has 20 heavy (non-hydrogen) atoms. The van der Waals surface area contributed by atoms with E-state index in [9.17, 15) is 9.59 Å². The summed E-state index contributed by atoms with van der Waals surface area (Å²) in [5.41, 5.74) is 0.387. The molecule has 1 unspecified atom stereocenters. The average Bonchev–Trinajstić information content (AvgIpc) is 3.20. The van der Waals surface area contributed by atoms with Crippen molar-refractivity contribution in [3.8, 4) is 5.75 Å². The zero-order valence-electron chi connectivity index (χ0n) is 10.9. The lowest BCUT2D eigenvalue weighted by Crippen LogP contribution is -2.44. The number of urea groups is 1. The first-order chi connectivity index (χ1) is 9.51. The Hall–Kier alpha value is -1.95. The molecule has 6 nitrogen and oxygen atoms in total. The molecule has 0 bridgehead atoms. The number of carbonyl (C=O) groups is 2. The van der Waals surface area contributed by atoms with Crippen LogP contribution in [0.15, 0.2) is 18.2 Å². The van der Waals surface area contributed by atoms with E-state index in [1.54, 1.807) is 12.1 Å². The van der Waals surface area contributed by atoms with E-state index in [0.29, 0.717) is 16.5 Å². The van der Waals surface area contributed by atoms with Gasteiger partial charge in [0.05, 0.1) is 12.8 Å². The third kappa shape index (κ3) is 3.54. The van der Waals surface area contributed by atoms with Gasteiger partial charge < -0.3 is 20.5 Å². The van der Waals surface area contributed by atoms with Crippen molar-refractivity contribution in [2.45, 2.75) is 18.9 Å². The van der Waals surface area contributed by atoms with E-state index >= 15 is 0 Å². The molecule has 1 aromatic carbocycles. The second-order valence-electron chi connectivity index (χ2n) is 4.60. The molecule has 0 aliphatic heterocycles. The van der Waals surface area contributed by atoms with E-state index in [1.807, 2.05) is 0 Å². The quantitative estimate of drug-likeness (QED) is 0.778. The number of amides is 2. The van der Waals surface area contributed by atoms with E-state index in [0.717, 1.165) is 12.8 Å². The van der Waals surface area contributed by atoms with E-state index < -0.39 is 18.0 Å². The Morgan fingerprint density at radius 1 is 1.45 bits per heavy atom. The molecule has 1 aliphatic rings. The van der Waals surface area contributed by atoms with Gasteiger partial charge in [-0.25, -0.2) is 9.59 Å². The van der Waals surface area contributed by atoms with Crippen LogP contribution in [0.5, 0.6) is 5.75 Å².